The first-order valence-electron chi connectivity index (χ1n) is 10.1. The van der Waals surface area contributed by atoms with E-state index < -0.39 is 0 Å². The molecule has 0 atom stereocenters. The number of rotatable bonds is 2. The van der Waals surface area contributed by atoms with E-state index in [1.54, 1.807) is 0 Å². The summed E-state index contributed by atoms with van der Waals surface area (Å²) in [5.41, 5.74) is 8.92. The summed E-state index contributed by atoms with van der Waals surface area (Å²) in [5, 5.41) is 4.46. The second-order valence-electron chi connectivity index (χ2n) is 9.86. The second-order valence-corrected chi connectivity index (χ2v) is 9.86. The molecule has 28 heavy (non-hydrogen) atoms. The van der Waals surface area contributed by atoms with Gasteiger partial charge in [0.2, 0.25) is 0 Å². The van der Waals surface area contributed by atoms with Crippen molar-refractivity contribution in [2.45, 2.75) is 59.3 Å². The van der Waals surface area contributed by atoms with Gasteiger partial charge >= 0.3 is 0 Å². The Kier molecular flexibility index (Phi) is 5.06. The van der Waals surface area contributed by atoms with Crippen LogP contribution in [0.5, 0.6) is 0 Å². The van der Waals surface area contributed by atoms with Crippen LogP contribution >= 0.6 is 0 Å². The maximum absolute atomic E-state index is 6.26. The summed E-state index contributed by atoms with van der Waals surface area (Å²) in [7, 11) is 1.96. The van der Waals surface area contributed by atoms with Crippen LogP contribution < -0.4 is 15.5 Å². The Balaban J connectivity index is 1.86. The standard InChI is InChI=1S/C21H35N7/c1-14-17(22)18(26(8)25-14)28-11-9-27(10-12-28)16-13-15(20(2,3)4)23-19(24-16)21(5,6)7/h13H,9-12,22H2,1-8H3. The smallest absolute Gasteiger partial charge is 0.150 e. The van der Waals surface area contributed by atoms with E-state index in [0.29, 0.717) is 0 Å². The molecule has 0 aliphatic carbocycles. The van der Waals surface area contributed by atoms with Crippen molar-refractivity contribution in [2.24, 2.45) is 7.05 Å². The summed E-state index contributed by atoms with van der Waals surface area (Å²) in [6, 6.07) is 2.16. The minimum absolute atomic E-state index is 0.0137. The third-order valence-electron chi connectivity index (χ3n) is 5.29. The van der Waals surface area contributed by atoms with E-state index in [-0.39, 0.29) is 10.8 Å². The van der Waals surface area contributed by atoms with E-state index in [2.05, 4.69) is 62.5 Å². The summed E-state index contributed by atoms with van der Waals surface area (Å²) in [6.45, 7) is 18.7. The SMILES string of the molecule is Cc1nn(C)c(N2CCN(c3cc(C(C)(C)C)nc(C(C)(C)C)n3)CC2)c1N. The van der Waals surface area contributed by atoms with Crippen molar-refractivity contribution in [3.05, 3.63) is 23.3 Å². The van der Waals surface area contributed by atoms with Gasteiger partial charge in [-0.05, 0) is 6.92 Å². The van der Waals surface area contributed by atoms with Crippen LogP contribution in [-0.2, 0) is 17.9 Å². The Bertz CT molecular complexity index is 815. The fourth-order valence-electron chi connectivity index (χ4n) is 3.50. The van der Waals surface area contributed by atoms with E-state index in [4.69, 9.17) is 15.7 Å². The minimum Gasteiger partial charge on any atom is -0.394 e. The van der Waals surface area contributed by atoms with Crippen LogP contribution in [0.2, 0.25) is 0 Å². The fourth-order valence-corrected chi connectivity index (χ4v) is 3.50. The van der Waals surface area contributed by atoms with E-state index in [1.165, 1.54) is 0 Å². The predicted octanol–water partition coefficient (Wildman–Crippen LogP) is 3.02. The van der Waals surface area contributed by atoms with Crippen LogP contribution in [0.4, 0.5) is 17.3 Å². The third-order valence-corrected chi connectivity index (χ3v) is 5.29. The molecule has 0 aromatic carbocycles. The lowest BCUT2D eigenvalue weighted by Gasteiger charge is -2.37. The number of nitrogen functional groups attached to an aromatic ring is 1. The molecular weight excluding hydrogens is 350 g/mol. The topological polar surface area (TPSA) is 76.1 Å². The van der Waals surface area contributed by atoms with Crippen LogP contribution in [0.15, 0.2) is 6.07 Å². The average Bonchev–Trinajstić information content (AvgIpc) is 2.85. The number of hydrogen-bond donors (Lipinski definition) is 1. The van der Waals surface area contributed by atoms with Crippen LogP contribution in [0.3, 0.4) is 0 Å². The van der Waals surface area contributed by atoms with Gasteiger partial charge in [0.25, 0.3) is 0 Å². The van der Waals surface area contributed by atoms with Gasteiger partial charge in [0.1, 0.15) is 11.6 Å². The number of hydrogen-bond acceptors (Lipinski definition) is 6. The van der Waals surface area contributed by atoms with Crippen molar-refractivity contribution in [2.75, 3.05) is 41.7 Å². The van der Waals surface area contributed by atoms with Gasteiger partial charge in [0.05, 0.1) is 17.1 Å². The van der Waals surface area contributed by atoms with Crippen LogP contribution in [-0.4, -0.2) is 45.9 Å². The molecule has 2 aromatic rings. The van der Waals surface area contributed by atoms with Crippen molar-refractivity contribution in [3.63, 3.8) is 0 Å². The van der Waals surface area contributed by atoms with Crippen molar-refractivity contribution in [3.8, 4) is 0 Å². The molecule has 1 aliphatic heterocycles. The highest BCUT2D eigenvalue weighted by Gasteiger charge is 2.27. The number of anilines is 3. The van der Waals surface area contributed by atoms with Gasteiger partial charge in [-0.25, -0.2) is 9.97 Å². The Morgan fingerprint density at radius 1 is 0.893 bits per heavy atom. The van der Waals surface area contributed by atoms with E-state index >= 15 is 0 Å². The highest BCUT2D eigenvalue weighted by atomic mass is 15.4. The monoisotopic (exact) mass is 385 g/mol. The molecule has 0 unspecified atom stereocenters. The van der Waals surface area contributed by atoms with Gasteiger partial charge in [0, 0.05) is 50.1 Å². The highest BCUT2D eigenvalue weighted by molar-refractivity contribution is 5.66. The molecule has 0 radical (unpaired) electrons. The van der Waals surface area contributed by atoms with Crippen LogP contribution in [0.25, 0.3) is 0 Å². The molecule has 0 spiro atoms. The first kappa shape index (κ1) is 20.4. The molecule has 0 bridgehead atoms. The molecule has 0 saturated carbocycles. The minimum atomic E-state index is -0.0848. The van der Waals surface area contributed by atoms with Gasteiger partial charge in [-0.15, -0.1) is 0 Å². The largest absolute Gasteiger partial charge is 0.394 e. The normalized spacial score (nSPS) is 16.0. The lowest BCUT2D eigenvalue weighted by Crippen LogP contribution is -2.47. The predicted molar refractivity (Wildman–Crippen MR) is 116 cm³/mol. The molecule has 7 nitrogen and oxygen atoms in total. The molecular formula is C21H35N7. The zero-order valence-corrected chi connectivity index (χ0v) is 18.7. The summed E-state index contributed by atoms with van der Waals surface area (Å²) in [6.07, 6.45) is 0. The maximum Gasteiger partial charge on any atom is 0.150 e. The molecule has 1 saturated heterocycles. The molecule has 3 rings (SSSR count). The third kappa shape index (κ3) is 3.93. The van der Waals surface area contributed by atoms with Gasteiger partial charge < -0.3 is 15.5 Å². The number of nitrogens with zero attached hydrogens (tertiary/aromatic N) is 6. The van der Waals surface area contributed by atoms with Gasteiger partial charge in [-0.1, -0.05) is 41.5 Å². The van der Waals surface area contributed by atoms with E-state index in [0.717, 1.165) is 60.7 Å². The Hall–Kier alpha value is -2.31. The lowest BCUT2D eigenvalue weighted by molar-refractivity contribution is 0.510. The highest BCUT2D eigenvalue weighted by Crippen LogP contribution is 2.30. The van der Waals surface area contributed by atoms with Gasteiger partial charge in [-0.3, -0.25) is 4.68 Å². The Labute approximate surface area is 168 Å². The molecule has 2 aromatic heterocycles. The van der Waals surface area contributed by atoms with Crippen molar-refractivity contribution in [1.82, 2.24) is 19.7 Å². The lowest BCUT2D eigenvalue weighted by atomic mass is 9.90. The van der Waals surface area contributed by atoms with Crippen molar-refractivity contribution in [1.29, 1.82) is 0 Å². The molecule has 7 heteroatoms. The first-order valence-corrected chi connectivity index (χ1v) is 10.1. The second kappa shape index (κ2) is 6.94. The van der Waals surface area contributed by atoms with Crippen molar-refractivity contribution >= 4 is 17.3 Å². The van der Waals surface area contributed by atoms with Gasteiger partial charge in [-0.2, -0.15) is 5.10 Å². The van der Waals surface area contributed by atoms with Gasteiger partial charge in [0.15, 0.2) is 5.82 Å². The maximum atomic E-state index is 6.26. The summed E-state index contributed by atoms with van der Waals surface area (Å²) >= 11 is 0. The molecule has 0 amide bonds. The quantitative estimate of drug-likeness (QED) is 0.856. The summed E-state index contributed by atoms with van der Waals surface area (Å²) < 4.78 is 1.89. The molecule has 1 fully saturated rings. The molecule has 1 aliphatic rings. The molecule has 3 heterocycles. The van der Waals surface area contributed by atoms with Crippen molar-refractivity contribution < 1.29 is 0 Å². The Morgan fingerprint density at radius 2 is 1.46 bits per heavy atom. The molecule has 2 N–H and O–H groups in total. The van der Waals surface area contributed by atoms with E-state index in [1.807, 2.05) is 18.7 Å². The number of piperazine rings is 1. The number of nitrogens with two attached hydrogens (primary N) is 1. The fraction of sp³-hybridized carbons (Fsp3) is 0.667. The Morgan fingerprint density at radius 3 is 1.93 bits per heavy atom. The number of aromatic nitrogens is 4. The molecule has 154 valence electrons. The van der Waals surface area contributed by atoms with E-state index in [9.17, 15) is 0 Å². The van der Waals surface area contributed by atoms with Crippen LogP contribution in [0, 0.1) is 6.92 Å². The zero-order chi connectivity index (χ0) is 20.9. The number of aryl methyl sites for hydroxylation is 2. The van der Waals surface area contributed by atoms with Crippen LogP contribution in [0.1, 0.15) is 58.8 Å². The average molecular weight is 386 g/mol. The zero-order valence-electron chi connectivity index (χ0n) is 18.7. The summed E-state index contributed by atoms with van der Waals surface area (Å²) in [5.74, 6) is 2.95. The summed E-state index contributed by atoms with van der Waals surface area (Å²) in [4.78, 5) is 14.5. The first-order chi connectivity index (χ1) is 12.9.